The molecule has 1 amide bonds. The van der Waals surface area contributed by atoms with Crippen LogP contribution in [0.15, 0.2) is 52.4 Å². The molecule has 2 aromatic carbocycles. The average Bonchev–Trinajstić information content (AvgIpc) is 3.04. The van der Waals surface area contributed by atoms with E-state index in [0.29, 0.717) is 35.9 Å². The summed E-state index contributed by atoms with van der Waals surface area (Å²) in [6.45, 7) is 3.44. The highest BCUT2D eigenvalue weighted by atomic mass is 32.2. The Balaban J connectivity index is 2.11. The summed E-state index contributed by atoms with van der Waals surface area (Å²) in [4.78, 5) is 17.7. The first kappa shape index (κ1) is 21.2. The van der Waals surface area contributed by atoms with Gasteiger partial charge in [0.05, 0.1) is 28.8 Å². The van der Waals surface area contributed by atoms with Crippen molar-refractivity contribution >= 4 is 37.3 Å². The Morgan fingerprint density at radius 3 is 2.69 bits per heavy atom. The number of methoxy groups -OCH3 is 1. The van der Waals surface area contributed by atoms with Gasteiger partial charge in [0.1, 0.15) is 5.75 Å². The number of thiazole rings is 1. The van der Waals surface area contributed by atoms with Gasteiger partial charge in [0.2, 0.25) is 0 Å². The van der Waals surface area contributed by atoms with Crippen LogP contribution >= 0.6 is 11.3 Å². The van der Waals surface area contributed by atoms with E-state index in [9.17, 15) is 13.2 Å². The predicted octanol–water partition coefficient (Wildman–Crippen LogP) is 2.89. The number of fused-ring (bicyclic) bond motifs is 1. The SMILES string of the molecule is CCOCCn1c(=NC(=O)c2cccc(OC)c2)sc2cc(S(C)(=O)=O)ccc21. The Morgan fingerprint density at radius 2 is 2.00 bits per heavy atom. The Bertz CT molecular complexity index is 1210. The molecule has 3 aromatic rings. The first-order chi connectivity index (χ1) is 13.8. The van der Waals surface area contributed by atoms with Gasteiger partial charge in [-0.3, -0.25) is 4.79 Å². The molecular formula is C20H22N2O5S2. The van der Waals surface area contributed by atoms with Gasteiger partial charge >= 0.3 is 0 Å². The second kappa shape index (κ2) is 8.89. The van der Waals surface area contributed by atoms with Crippen LogP contribution in [0.2, 0.25) is 0 Å². The zero-order valence-electron chi connectivity index (χ0n) is 16.4. The van der Waals surface area contributed by atoms with Crippen LogP contribution in [0.5, 0.6) is 5.75 Å². The molecule has 1 aromatic heterocycles. The third kappa shape index (κ3) is 4.92. The lowest BCUT2D eigenvalue weighted by Gasteiger charge is -2.06. The summed E-state index contributed by atoms with van der Waals surface area (Å²) in [5.41, 5.74) is 1.22. The molecule has 0 atom stereocenters. The molecule has 0 N–H and O–H groups in total. The quantitative estimate of drug-likeness (QED) is 0.534. The number of sulfone groups is 1. The van der Waals surface area contributed by atoms with Crippen molar-refractivity contribution in [2.75, 3.05) is 26.6 Å². The summed E-state index contributed by atoms with van der Waals surface area (Å²) in [7, 11) is -1.80. The van der Waals surface area contributed by atoms with Gasteiger partial charge in [0.25, 0.3) is 5.91 Å². The van der Waals surface area contributed by atoms with Gasteiger partial charge in [-0.2, -0.15) is 4.99 Å². The lowest BCUT2D eigenvalue weighted by Crippen LogP contribution is -2.19. The molecule has 0 bridgehead atoms. The van der Waals surface area contributed by atoms with Crippen molar-refractivity contribution in [3.63, 3.8) is 0 Å². The Morgan fingerprint density at radius 1 is 1.21 bits per heavy atom. The summed E-state index contributed by atoms with van der Waals surface area (Å²) in [6, 6.07) is 11.7. The maximum absolute atomic E-state index is 12.7. The fourth-order valence-electron chi connectivity index (χ4n) is 2.79. The number of carbonyl (C=O) groups is 1. The maximum Gasteiger partial charge on any atom is 0.279 e. The molecule has 3 rings (SSSR count). The molecular weight excluding hydrogens is 412 g/mol. The fraction of sp³-hybridized carbons (Fsp3) is 0.300. The molecule has 0 aliphatic carbocycles. The summed E-state index contributed by atoms with van der Waals surface area (Å²) in [5.74, 6) is 0.174. The number of carbonyl (C=O) groups excluding carboxylic acids is 1. The molecule has 0 saturated heterocycles. The summed E-state index contributed by atoms with van der Waals surface area (Å²) in [5, 5.41) is 0. The highest BCUT2D eigenvalue weighted by Crippen LogP contribution is 2.22. The zero-order valence-corrected chi connectivity index (χ0v) is 18.0. The van der Waals surface area contributed by atoms with Crippen molar-refractivity contribution < 1.29 is 22.7 Å². The van der Waals surface area contributed by atoms with Crippen molar-refractivity contribution in [3.8, 4) is 5.75 Å². The number of nitrogens with zero attached hydrogens (tertiary/aromatic N) is 2. The lowest BCUT2D eigenvalue weighted by molar-refractivity contribution is 0.0996. The van der Waals surface area contributed by atoms with E-state index in [0.717, 1.165) is 10.2 Å². The highest BCUT2D eigenvalue weighted by molar-refractivity contribution is 7.90. The molecule has 0 saturated carbocycles. The molecule has 1 heterocycles. The minimum Gasteiger partial charge on any atom is -0.497 e. The van der Waals surface area contributed by atoms with Crippen molar-refractivity contribution in [3.05, 3.63) is 52.8 Å². The molecule has 0 unspecified atom stereocenters. The van der Waals surface area contributed by atoms with Crippen LogP contribution in [0.25, 0.3) is 10.2 Å². The van der Waals surface area contributed by atoms with Crippen molar-refractivity contribution in [1.82, 2.24) is 4.57 Å². The fourth-order valence-corrected chi connectivity index (χ4v) is 4.61. The van der Waals surface area contributed by atoms with Gasteiger partial charge in [-0.1, -0.05) is 17.4 Å². The van der Waals surface area contributed by atoms with E-state index in [-0.39, 0.29) is 4.90 Å². The van der Waals surface area contributed by atoms with E-state index < -0.39 is 15.7 Å². The third-order valence-corrected chi connectivity index (χ3v) is 6.41. The Hall–Kier alpha value is -2.49. The first-order valence-electron chi connectivity index (χ1n) is 8.97. The van der Waals surface area contributed by atoms with Gasteiger partial charge in [-0.05, 0) is 43.3 Å². The van der Waals surface area contributed by atoms with Crippen LogP contribution in [0.1, 0.15) is 17.3 Å². The standard InChI is InChI=1S/C20H22N2O5S2/c1-4-27-11-10-22-17-9-8-16(29(3,24)25)13-18(17)28-20(22)21-19(23)14-6-5-7-15(12-14)26-2/h5-9,12-13H,4,10-11H2,1-3H3. The van der Waals surface area contributed by atoms with E-state index in [1.54, 1.807) is 42.5 Å². The summed E-state index contributed by atoms with van der Waals surface area (Å²) < 4.78 is 37.0. The Labute approximate surface area is 173 Å². The molecule has 9 heteroatoms. The monoisotopic (exact) mass is 434 g/mol. The largest absolute Gasteiger partial charge is 0.497 e. The van der Waals surface area contributed by atoms with E-state index in [2.05, 4.69) is 4.99 Å². The number of aromatic nitrogens is 1. The number of hydrogen-bond donors (Lipinski definition) is 0. The van der Waals surface area contributed by atoms with E-state index in [4.69, 9.17) is 9.47 Å². The Kier molecular flexibility index (Phi) is 6.51. The topological polar surface area (TPSA) is 87.0 Å². The molecule has 29 heavy (non-hydrogen) atoms. The van der Waals surface area contributed by atoms with Gasteiger partial charge in [0.15, 0.2) is 14.6 Å². The van der Waals surface area contributed by atoms with Crippen molar-refractivity contribution in [2.45, 2.75) is 18.4 Å². The van der Waals surface area contributed by atoms with E-state index in [1.165, 1.54) is 24.7 Å². The van der Waals surface area contributed by atoms with Gasteiger partial charge in [0, 0.05) is 25.0 Å². The van der Waals surface area contributed by atoms with Crippen molar-refractivity contribution in [2.24, 2.45) is 4.99 Å². The van der Waals surface area contributed by atoms with Crippen LogP contribution < -0.4 is 9.54 Å². The minimum absolute atomic E-state index is 0.230. The number of ether oxygens (including phenoxy) is 2. The average molecular weight is 435 g/mol. The van der Waals surface area contributed by atoms with Gasteiger partial charge in [-0.25, -0.2) is 8.42 Å². The van der Waals surface area contributed by atoms with Crippen molar-refractivity contribution in [1.29, 1.82) is 0 Å². The van der Waals surface area contributed by atoms with Crippen LogP contribution in [-0.4, -0.2) is 45.5 Å². The predicted molar refractivity (Wildman–Crippen MR) is 112 cm³/mol. The van der Waals surface area contributed by atoms with Crippen LogP contribution in [0.4, 0.5) is 0 Å². The summed E-state index contributed by atoms with van der Waals surface area (Å²) >= 11 is 1.27. The molecule has 154 valence electrons. The first-order valence-corrected chi connectivity index (χ1v) is 11.7. The molecule has 0 aliphatic rings. The number of hydrogen-bond acceptors (Lipinski definition) is 6. The van der Waals surface area contributed by atoms with Gasteiger partial charge < -0.3 is 14.0 Å². The van der Waals surface area contributed by atoms with E-state index >= 15 is 0 Å². The third-order valence-electron chi connectivity index (χ3n) is 4.26. The molecule has 7 nitrogen and oxygen atoms in total. The minimum atomic E-state index is -3.33. The smallest absolute Gasteiger partial charge is 0.279 e. The number of amides is 1. The van der Waals surface area contributed by atoms with E-state index in [1.807, 2.05) is 11.5 Å². The lowest BCUT2D eigenvalue weighted by atomic mass is 10.2. The van der Waals surface area contributed by atoms with Crippen LogP contribution in [0, 0.1) is 0 Å². The second-order valence-corrected chi connectivity index (χ2v) is 9.31. The number of benzene rings is 2. The highest BCUT2D eigenvalue weighted by Gasteiger charge is 2.13. The van der Waals surface area contributed by atoms with Crippen LogP contribution in [-0.2, 0) is 21.1 Å². The van der Waals surface area contributed by atoms with Gasteiger partial charge in [-0.15, -0.1) is 0 Å². The molecule has 0 aliphatic heterocycles. The second-order valence-electron chi connectivity index (χ2n) is 6.28. The molecule has 0 spiro atoms. The normalized spacial score (nSPS) is 12.4. The number of rotatable bonds is 7. The zero-order chi connectivity index (χ0) is 21.0. The van der Waals surface area contributed by atoms with Crippen LogP contribution in [0.3, 0.4) is 0 Å². The maximum atomic E-state index is 12.7. The molecule has 0 radical (unpaired) electrons. The molecule has 0 fully saturated rings. The summed E-state index contributed by atoms with van der Waals surface area (Å²) in [6.07, 6.45) is 1.17.